The van der Waals surface area contributed by atoms with E-state index in [0.29, 0.717) is 17.3 Å². The fourth-order valence-corrected chi connectivity index (χ4v) is 1.61. The van der Waals surface area contributed by atoms with Gasteiger partial charge in [0.15, 0.2) is 0 Å². The first kappa shape index (κ1) is 11.5. The zero-order valence-corrected chi connectivity index (χ0v) is 9.57. The van der Waals surface area contributed by atoms with Crippen molar-refractivity contribution in [3.05, 3.63) is 52.9 Å². The lowest BCUT2D eigenvalue weighted by Crippen LogP contribution is -2.05. The van der Waals surface area contributed by atoms with E-state index in [-0.39, 0.29) is 5.56 Å². The van der Waals surface area contributed by atoms with Gasteiger partial charge in [-0.05, 0) is 24.3 Å². The van der Waals surface area contributed by atoms with Crippen molar-refractivity contribution < 1.29 is 14.3 Å². The van der Waals surface area contributed by atoms with Crippen LogP contribution in [0.2, 0.25) is 5.02 Å². The maximum absolute atomic E-state index is 11.0. The average Bonchev–Trinajstić information content (AvgIpc) is 2.80. The Kier molecular flexibility index (Phi) is 3.35. The van der Waals surface area contributed by atoms with E-state index in [1.54, 1.807) is 24.7 Å². The smallest absolute Gasteiger partial charge is 0.337 e. The van der Waals surface area contributed by atoms with Crippen molar-refractivity contribution in [3.63, 3.8) is 0 Å². The molecule has 1 aromatic heterocycles. The molecule has 1 heterocycles. The summed E-state index contributed by atoms with van der Waals surface area (Å²) in [5.41, 5.74) is 1.63. The Morgan fingerprint density at radius 2 is 2.24 bits per heavy atom. The molecule has 4 nitrogen and oxygen atoms in total. The second-order valence-electron chi connectivity index (χ2n) is 3.48. The molecule has 1 aromatic carbocycles. The molecule has 0 bridgehead atoms. The first-order valence-electron chi connectivity index (χ1n) is 4.94. The van der Waals surface area contributed by atoms with Crippen LogP contribution in [0, 0.1) is 0 Å². The molecule has 0 amide bonds. The second-order valence-corrected chi connectivity index (χ2v) is 3.92. The van der Waals surface area contributed by atoms with Crippen molar-refractivity contribution in [2.45, 2.75) is 6.54 Å². The topological polar surface area (TPSA) is 62.5 Å². The van der Waals surface area contributed by atoms with E-state index in [1.807, 2.05) is 6.07 Å². The zero-order chi connectivity index (χ0) is 12.3. The van der Waals surface area contributed by atoms with E-state index < -0.39 is 5.97 Å². The summed E-state index contributed by atoms with van der Waals surface area (Å²) in [5.74, 6) is -1.01. The maximum Gasteiger partial charge on any atom is 0.337 e. The summed E-state index contributed by atoms with van der Waals surface area (Å²) < 4.78 is 4.92. The number of anilines is 1. The van der Waals surface area contributed by atoms with Crippen molar-refractivity contribution in [1.82, 2.24) is 0 Å². The first-order chi connectivity index (χ1) is 8.16. The molecule has 0 aliphatic heterocycles. The number of carbonyl (C=O) groups is 1. The largest absolute Gasteiger partial charge is 0.478 e. The van der Waals surface area contributed by atoms with E-state index in [1.165, 1.54) is 6.07 Å². The van der Waals surface area contributed by atoms with Gasteiger partial charge in [-0.25, -0.2) is 4.79 Å². The highest BCUT2D eigenvalue weighted by molar-refractivity contribution is 6.31. The molecule has 0 radical (unpaired) electrons. The Bertz CT molecular complexity index is 523. The quantitative estimate of drug-likeness (QED) is 0.876. The predicted molar refractivity (Wildman–Crippen MR) is 64.4 cm³/mol. The van der Waals surface area contributed by atoms with Crippen LogP contribution in [0.1, 0.15) is 15.9 Å². The molecule has 0 unspecified atom stereocenters. The Morgan fingerprint density at radius 1 is 1.41 bits per heavy atom. The summed E-state index contributed by atoms with van der Waals surface area (Å²) >= 11 is 5.75. The zero-order valence-electron chi connectivity index (χ0n) is 8.81. The highest BCUT2D eigenvalue weighted by atomic mass is 35.5. The number of halogens is 1. The molecule has 0 aliphatic rings. The maximum atomic E-state index is 11.0. The number of benzene rings is 1. The van der Waals surface area contributed by atoms with Gasteiger partial charge in [-0.2, -0.15) is 0 Å². The van der Waals surface area contributed by atoms with Gasteiger partial charge >= 0.3 is 5.97 Å². The Balaban J connectivity index is 2.17. The molecule has 0 saturated heterocycles. The molecular weight excluding hydrogens is 242 g/mol. The third-order valence-corrected chi connectivity index (χ3v) is 2.51. The van der Waals surface area contributed by atoms with Crippen molar-refractivity contribution in [1.29, 1.82) is 0 Å². The third-order valence-electron chi connectivity index (χ3n) is 2.28. The lowest BCUT2D eigenvalue weighted by Gasteiger charge is -2.08. The Hall–Kier alpha value is -1.94. The van der Waals surface area contributed by atoms with Crippen LogP contribution >= 0.6 is 11.6 Å². The number of carboxylic acid groups (broad SMARTS) is 1. The molecule has 2 rings (SSSR count). The van der Waals surface area contributed by atoms with Crippen LogP contribution in [0.4, 0.5) is 5.69 Å². The lowest BCUT2D eigenvalue weighted by molar-refractivity contribution is 0.0698. The van der Waals surface area contributed by atoms with Crippen molar-refractivity contribution >= 4 is 23.3 Å². The summed E-state index contributed by atoms with van der Waals surface area (Å²) in [6.07, 6.45) is 3.17. The van der Waals surface area contributed by atoms with Crippen LogP contribution in [0.15, 0.2) is 41.2 Å². The Morgan fingerprint density at radius 3 is 2.88 bits per heavy atom. The molecule has 0 spiro atoms. The van der Waals surface area contributed by atoms with E-state index >= 15 is 0 Å². The number of nitrogens with one attached hydrogen (secondary N) is 1. The number of rotatable bonds is 4. The standard InChI is InChI=1S/C12H10ClNO3/c13-9-1-2-11(10(5-9)12(15)16)14-6-8-3-4-17-7-8/h1-5,7,14H,6H2,(H,15,16). The molecule has 0 aliphatic carbocycles. The normalized spacial score (nSPS) is 10.2. The van der Waals surface area contributed by atoms with Gasteiger partial charge in [-0.3, -0.25) is 0 Å². The lowest BCUT2D eigenvalue weighted by atomic mass is 10.1. The highest BCUT2D eigenvalue weighted by Gasteiger charge is 2.10. The SMILES string of the molecule is O=C(O)c1cc(Cl)ccc1NCc1ccoc1. The van der Waals surface area contributed by atoms with Gasteiger partial charge in [0.05, 0.1) is 18.1 Å². The summed E-state index contributed by atoms with van der Waals surface area (Å²) in [4.78, 5) is 11.0. The molecule has 0 saturated carbocycles. The van der Waals surface area contributed by atoms with E-state index in [4.69, 9.17) is 21.1 Å². The highest BCUT2D eigenvalue weighted by Crippen LogP contribution is 2.21. The minimum absolute atomic E-state index is 0.154. The van der Waals surface area contributed by atoms with Crippen molar-refractivity contribution in [3.8, 4) is 0 Å². The van der Waals surface area contributed by atoms with Gasteiger partial charge in [0.1, 0.15) is 0 Å². The number of hydrogen-bond donors (Lipinski definition) is 2. The summed E-state index contributed by atoms with van der Waals surface area (Å²) in [5, 5.41) is 12.5. The minimum atomic E-state index is -1.01. The van der Waals surface area contributed by atoms with E-state index in [0.717, 1.165) is 5.56 Å². The van der Waals surface area contributed by atoms with Gasteiger partial charge in [0.25, 0.3) is 0 Å². The molecule has 0 atom stereocenters. The van der Waals surface area contributed by atoms with Crippen LogP contribution in [-0.4, -0.2) is 11.1 Å². The van der Waals surface area contributed by atoms with Gasteiger partial charge in [0, 0.05) is 22.8 Å². The molecule has 2 aromatic rings. The number of aromatic carboxylic acids is 1. The average molecular weight is 252 g/mol. The number of furan rings is 1. The number of carboxylic acids is 1. The van der Waals surface area contributed by atoms with Crippen LogP contribution in [0.3, 0.4) is 0 Å². The molecule has 0 fully saturated rings. The number of hydrogen-bond acceptors (Lipinski definition) is 3. The van der Waals surface area contributed by atoms with Crippen LogP contribution in [0.5, 0.6) is 0 Å². The van der Waals surface area contributed by atoms with Gasteiger partial charge in [-0.1, -0.05) is 11.6 Å². The van der Waals surface area contributed by atoms with Gasteiger partial charge in [0.2, 0.25) is 0 Å². The monoisotopic (exact) mass is 251 g/mol. The summed E-state index contributed by atoms with van der Waals surface area (Å²) in [7, 11) is 0. The van der Waals surface area contributed by atoms with Crippen LogP contribution in [-0.2, 0) is 6.54 Å². The third kappa shape index (κ3) is 2.79. The Labute approximate surface area is 103 Å². The second kappa shape index (κ2) is 4.93. The molecule has 5 heteroatoms. The van der Waals surface area contributed by atoms with Gasteiger partial charge < -0.3 is 14.8 Å². The first-order valence-corrected chi connectivity index (χ1v) is 5.32. The van der Waals surface area contributed by atoms with Gasteiger partial charge in [-0.15, -0.1) is 0 Å². The summed E-state index contributed by atoms with van der Waals surface area (Å²) in [6.45, 7) is 0.498. The fourth-order valence-electron chi connectivity index (χ4n) is 1.44. The molecule has 2 N–H and O–H groups in total. The predicted octanol–water partition coefficient (Wildman–Crippen LogP) is 3.24. The summed E-state index contributed by atoms with van der Waals surface area (Å²) in [6, 6.07) is 6.52. The minimum Gasteiger partial charge on any atom is -0.478 e. The molecule has 17 heavy (non-hydrogen) atoms. The molecule has 88 valence electrons. The van der Waals surface area contributed by atoms with Crippen LogP contribution < -0.4 is 5.32 Å². The van der Waals surface area contributed by atoms with E-state index in [2.05, 4.69) is 5.32 Å². The molecular formula is C12H10ClNO3. The fraction of sp³-hybridized carbons (Fsp3) is 0.0833. The van der Waals surface area contributed by atoms with Crippen molar-refractivity contribution in [2.24, 2.45) is 0 Å². The van der Waals surface area contributed by atoms with E-state index in [9.17, 15) is 4.79 Å². The van der Waals surface area contributed by atoms with Crippen molar-refractivity contribution in [2.75, 3.05) is 5.32 Å². The van der Waals surface area contributed by atoms with Crippen LogP contribution in [0.25, 0.3) is 0 Å².